The molecule has 4 aromatic carbocycles. The van der Waals surface area contributed by atoms with Crippen LogP contribution in [-0.2, 0) is 13.8 Å². The summed E-state index contributed by atoms with van der Waals surface area (Å²) in [5.74, 6) is -0.338. The quantitative estimate of drug-likeness (QED) is 0.230. The molecule has 0 heterocycles. The van der Waals surface area contributed by atoms with Crippen molar-refractivity contribution in [1.29, 1.82) is 0 Å². The summed E-state index contributed by atoms with van der Waals surface area (Å²) in [7, 11) is 1.62. The third-order valence-corrected chi connectivity index (χ3v) is 5.45. The van der Waals surface area contributed by atoms with E-state index in [2.05, 4.69) is 0 Å². The molecular weight excluding hydrogens is 348 g/mol. The minimum Gasteiger partial charge on any atom is -0.426 e. The van der Waals surface area contributed by atoms with Crippen molar-refractivity contribution >= 4 is 58.0 Å². The zero-order valence-corrected chi connectivity index (χ0v) is 14.1. The van der Waals surface area contributed by atoms with Crippen molar-refractivity contribution in [2.24, 2.45) is 0 Å². The van der Waals surface area contributed by atoms with Crippen molar-refractivity contribution in [1.82, 2.24) is 0 Å². The lowest BCUT2D eigenvalue weighted by atomic mass is 9.94. The number of benzene rings is 4. The largest absolute Gasteiger partial charge is 0.426 e. The second-order valence-electron chi connectivity index (χ2n) is 5.58. The topological polar surface area (TPSA) is 60.4 Å². The Morgan fingerprint density at radius 3 is 2.17 bits per heavy atom. The number of hydrogen-bond acceptors (Lipinski definition) is 4. The number of halogens is 1. The first-order chi connectivity index (χ1) is 11.4. The van der Waals surface area contributed by atoms with Gasteiger partial charge < -0.3 is 4.74 Å². The molecule has 0 N–H and O–H groups in total. The second kappa shape index (κ2) is 5.06. The Morgan fingerprint density at radius 1 is 0.958 bits per heavy atom. The summed E-state index contributed by atoms with van der Waals surface area (Å²) in [6.45, 7) is 1.27. The van der Waals surface area contributed by atoms with Gasteiger partial charge in [-0.05, 0) is 22.2 Å². The Hall–Kier alpha value is -2.37. The molecule has 0 fully saturated rings. The number of hydrogen-bond donors (Lipinski definition) is 0. The Kier molecular flexibility index (Phi) is 3.20. The average molecular weight is 359 g/mol. The van der Waals surface area contributed by atoms with Gasteiger partial charge in [0.15, 0.2) is 0 Å². The van der Waals surface area contributed by atoms with Crippen molar-refractivity contribution in [3.63, 3.8) is 0 Å². The molecular formula is C18H11ClO4S. The minimum atomic E-state index is -4.01. The molecule has 0 unspecified atom stereocenters. The number of ether oxygens (including phenoxy) is 1. The molecule has 4 nitrogen and oxygen atoms in total. The highest BCUT2D eigenvalue weighted by Gasteiger charge is 2.21. The lowest BCUT2D eigenvalue weighted by Gasteiger charge is -2.15. The SMILES string of the molecule is CC(=O)Oc1cc(S(=O)(=O)Cl)c2ccc3cccc4ccc1c2c43. The highest BCUT2D eigenvalue weighted by Crippen LogP contribution is 2.42. The van der Waals surface area contributed by atoms with Gasteiger partial charge in [-0.2, -0.15) is 0 Å². The molecule has 0 aromatic heterocycles. The molecule has 4 aromatic rings. The van der Waals surface area contributed by atoms with Crippen LogP contribution in [0.3, 0.4) is 0 Å². The number of esters is 1. The van der Waals surface area contributed by atoms with Gasteiger partial charge in [0.25, 0.3) is 9.05 Å². The zero-order chi connectivity index (χ0) is 17.1. The molecule has 0 radical (unpaired) electrons. The normalized spacial score (nSPS) is 12.2. The third-order valence-electron chi connectivity index (χ3n) is 4.09. The second-order valence-corrected chi connectivity index (χ2v) is 8.12. The maximum atomic E-state index is 12.0. The van der Waals surface area contributed by atoms with E-state index in [0.717, 1.165) is 21.5 Å². The summed E-state index contributed by atoms with van der Waals surface area (Å²) >= 11 is 0. The monoisotopic (exact) mass is 358 g/mol. The predicted molar refractivity (Wildman–Crippen MR) is 94.5 cm³/mol. The first-order valence-corrected chi connectivity index (χ1v) is 9.51. The Labute approximate surface area is 142 Å². The first kappa shape index (κ1) is 15.2. The Bertz CT molecular complexity index is 1210. The van der Waals surface area contributed by atoms with Crippen LogP contribution in [0.4, 0.5) is 0 Å². The van der Waals surface area contributed by atoms with Gasteiger partial charge in [0.1, 0.15) is 5.75 Å². The van der Waals surface area contributed by atoms with Gasteiger partial charge >= 0.3 is 5.97 Å². The van der Waals surface area contributed by atoms with E-state index in [0.29, 0.717) is 10.8 Å². The fourth-order valence-electron chi connectivity index (χ4n) is 3.21. The van der Waals surface area contributed by atoms with Crippen LogP contribution in [0.1, 0.15) is 6.92 Å². The summed E-state index contributed by atoms with van der Waals surface area (Å²) in [5.41, 5.74) is 0. The summed E-state index contributed by atoms with van der Waals surface area (Å²) in [6, 6.07) is 14.5. The first-order valence-electron chi connectivity index (χ1n) is 7.20. The van der Waals surface area contributed by atoms with Crippen LogP contribution in [0.5, 0.6) is 5.75 Å². The van der Waals surface area contributed by atoms with Crippen LogP contribution in [0, 0.1) is 0 Å². The van der Waals surface area contributed by atoms with Crippen LogP contribution in [-0.4, -0.2) is 14.4 Å². The van der Waals surface area contributed by atoms with E-state index in [9.17, 15) is 13.2 Å². The van der Waals surface area contributed by atoms with Crippen molar-refractivity contribution in [3.05, 3.63) is 48.5 Å². The van der Waals surface area contributed by atoms with Gasteiger partial charge in [-0.25, -0.2) is 8.42 Å². The molecule has 120 valence electrons. The predicted octanol–water partition coefficient (Wildman–Crippen LogP) is 4.44. The van der Waals surface area contributed by atoms with E-state index in [1.54, 1.807) is 6.07 Å². The van der Waals surface area contributed by atoms with Crippen LogP contribution < -0.4 is 4.74 Å². The molecule has 0 saturated heterocycles. The fourth-order valence-corrected chi connectivity index (χ4v) is 4.27. The van der Waals surface area contributed by atoms with Crippen LogP contribution in [0.2, 0.25) is 0 Å². The standard InChI is InChI=1S/C18H11ClO4S/c1-10(20)23-15-9-16(24(19,21)22)14-8-6-12-4-2-3-11-5-7-13(15)18(14)17(11)12/h2-9H,1H3. The lowest BCUT2D eigenvalue weighted by molar-refractivity contribution is -0.131. The zero-order valence-electron chi connectivity index (χ0n) is 12.5. The van der Waals surface area contributed by atoms with Crippen LogP contribution >= 0.6 is 10.7 Å². The van der Waals surface area contributed by atoms with Gasteiger partial charge in [0, 0.05) is 39.8 Å². The summed E-state index contributed by atoms with van der Waals surface area (Å²) < 4.78 is 29.3. The Balaban J connectivity index is 2.31. The molecule has 0 spiro atoms. The molecule has 0 aliphatic rings. The lowest BCUT2D eigenvalue weighted by Crippen LogP contribution is -2.04. The average Bonchev–Trinajstić information content (AvgIpc) is 2.52. The fraction of sp³-hybridized carbons (Fsp3) is 0.0556. The van der Waals surface area contributed by atoms with Gasteiger partial charge in [0.05, 0.1) is 4.90 Å². The summed E-state index contributed by atoms with van der Waals surface area (Å²) in [5, 5.41) is 4.78. The molecule has 4 rings (SSSR count). The highest BCUT2D eigenvalue weighted by molar-refractivity contribution is 8.14. The minimum absolute atomic E-state index is 0.0637. The number of carbonyl (C=O) groups is 1. The summed E-state index contributed by atoms with van der Waals surface area (Å²) in [6.07, 6.45) is 0. The molecule has 6 heteroatoms. The Morgan fingerprint density at radius 2 is 1.58 bits per heavy atom. The van der Waals surface area contributed by atoms with E-state index in [-0.39, 0.29) is 10.6 Å². The molecule has 24 heavy (non-hydrogen) atoms. The van der Waals surface area contributed by atoms with E-state index in [1.165, 1.54) is 13.0 Å². The third kappa shape index (κ3) is 2.20. The molecule has 0 atom stereocenters. The molecule has 0 aliphatic carbocycles. The van der Waals surface area contributed by atoms with Crippen molar-refractivity contribution < 1.29 is 17.9 Å². The van der Waals surface area contributed by atoms with Crippen molar-refractivity contribution in [2.45, 2.75) is 11.8 Å². The highest BCUT2D eigenvalue weighted by atomic mass is 35.7. The molecule has 0 amide bonds. The maximum absolute atomic E-state index is 12.0. The van der Waals surface area contributed by atoms with E-state index >= 15 is 0 Å². The summed E-state index contributed by atoms with van der Waals surface area (Å²) in [4.78, 5) is 11.4. The maximum Gasteiger partial charge on any atom is 0.308 e. The number of carbonyl (C=O) groups excluding carboxylic acids is 1. The smallest absolute Gasteiger partial charge is 0.308 e. The van der Waals surface area contributed by atoms with Gasteiger partial charge in [-0.3, -0.25) is 4.79 Å². The van der Waals surface area contributed by atoms with Crippen molar-refractivity contribution in [2.75, 3.05) is 0 Å². The number of rotatable bonds is 2. The van der Waals surface area contributed by atoms with E-state index < -0.39 is 15.0 Å². The molecule has 0 saturated carbocycles. The van der Waals surface area contributed by atoms with Gasteiger partial charge in [-0.1, -0.05) is 36.4 Å². The van der Waals surface area contributed by atoms with Gasteiger partial charge in [-0.15, -0.1) is 0 Å². The van der Waals surface area contributed by atoms with E-state index in [4.69, 9.17) is 15.4 Å². The molecule has 0 bridgehead atoms. The van der Waals surface area contributed by atoms with Crippen molar-refractivity contribution in [3.8, 4) is 5.75 Å². The van der Waals surface area contributed by atoms with E-state index in [1.807, 2.05) is 36.4 Å². The van der Waals surface area contributed by atoms with Crippen LogP contribution in [0.25, 0.3) is 32.3 Å². The molecule has 0 aliphatic heterocycles. The van der Waals surface area contributed by atoms with Gasteiger partial charge in [0.2, 0.25) is 0 Å². The van der Waals surface area contributed by atoms with Crippen LogP contribution in [0.15, 0.2) is 53.4 Å².